The minimum atomic E-state index is -5.01. The van der Waals surface area contributed by atoms with Crippen LogP contribution in [0.1, 0.15) is 297 Å². The molecule has 0 spiro atoms. The summed E-state index contributed by atoms with van der Waals surface area (Å²) >= 11 is 0. The number of esters is 4. The van der Waals surface area contributed by atoms with E-state index in [0.29, 0.717) is 32.1 Å². The average molecular weight is 1550 g/mol. The van der Waals surface area contributed by atoms with Gasteiger partial charge in [0.1, 0.15) is 19.3 Å². The largest absolute Gasteiger partial charge is 0.472 e. The van der Waals surface area contributed by atoms with Crippen LogP contribution >= 0.6 is 15.6 Å². The highest BCUT2D eigenvalue weighted by molar-refractivity contribution is 7.47. The van der Waals surface area contributed by atoms with E-state index in [9.17, 15) is 43.2 Å². The molecule has 0 aliphatic carbocycles. The van der Waals surface area contributed by atoms with Crippen molar-refractivity contribution in [2.75, 3.05) is 39.6 Å². The Bertz CT molecular complexity index is 2760. The molecule has 0 fully saturated rings. The van der Waals surface area contributed by atoms with E-state index in [-0.39, 0.29) is 25.7 Å². The molecule has 0 aromatic rings. The fourth-order valence-electron chi connectivity index (χ4n) is 10.2. The van der Waals surface area contributed by atoms with Gasteiger partial charge in [0.25, 0.3) is 0 Å². The molecule has 0 aromatic heterocycles. The highest BCUT2D eigenvalue weighted by Gasteiger charge is 2.30. The van der Waals surface area contributed by atoms with E-state index in [2.05, 4.69) is 198 Å². The molecule has 0 aliphatic heterocycles. The fourth-order valence-corrected chi connectivity index (χ4v) is 11.8. The Morgan fingerprint density at radius 2 is 0.491 bits per heavy atom. The standard InChI is InChI=1S/C89H144O17P2/c1-5-9-13-17-21-25-29-33-36-39-41-44-47-51-54-58-62-66-70-74-87(92)100-80-85(106-89(94)76-72-68-64-60-56-52-48-45-42-40-37-34-30-26-22-18-14-10-6-2)82-104-108(97,98)102-78-83(90)77-101-107(95,96)103-81-84(105-88(93)75-71-67-63-59-55-49-32-28-24-20-16-12-8-4)79-99-86(91)73-69-65-61-57-53-50-46-43-38-35-31-27-23-19-15-11-7-3/h9-11,13-15,21-23,25-28,32-38,41-42,44-46,50-51,54,57,61,83-85,90H,5-8,12,16-20,24,29-31,39-40,43,47-49,52-53,55-56,58-60,62-82H2,1-4H3,(H,95,96)(H,97,98)/b13-9-,14-10-,15-11-,25-21-,26-22-,27-23-,32-28-,36-33-,37-34-,38-35-,44-41-,45-42-,50-46-,54-51-,61-57-. The van der Waals surface area contributed by atoms with E-state index in [1.807, 2.05) is 12.2 Å². The summed E-state index contributed by atoms with van der Waals surface area (Å²) in [6.45, 7) is 4.38. The third kappa shape index (κ3) is 78.3. The number of phosphoric acid groups is 2. The number of carbonyl (C=O) groups excluding carboxylic acids is 4. The molecule has 0 saturated carbocycles. The van der Waals surface area contributed by atoms with E-state index in [0.717, 1.165) is 186 Å². The van der Waals surface area contributed by atoms with E-state index >= 15 is 0 Å². The number of carbonyl (C=O) groups is 4. The van der Waals surface area contributed by atoms with Gasteiger partial charge in [-0.2, -0.15) is 0 Å². The molecule has 612 valence electrons. The molecule has 5 unspecified atom stereocenters. The Hall–Kier alpha value is -5.84. The van der Waals surface area contributed by atoms with Crippen LogP contribution in [0.5, 0.6) is 0 Å². The molecule has 17 nitrogen and oxygen atoms in total. The molecule has 108 heavy (non-hydrogen) atoms. The van der Waals surface area contributed by atoms with E-state index in [1.54, 1.807) is 0 Å². The van der Waals surface area contributed by atoms with Crippen molar-refractivity contribution >= 4 is 39.5 Å². The molecule has 5 atom stereocenters. The Morgan fingerprint density at radius 1 is 0.269 bits per heavy atom. The summed E-state index contributed by atoms with van der Waals surface area (Å²) in [5, 5.41) is 10.7. The van der Waals surface area contributed by atoms with Crippen LogP contribution in [0.25, 0.3) is 0 Å². The average Bonchev–Trinajstić information content (AvgIpc) is 0.892. The Morgan fingerprint density at radius 3 is 0.796 bits per heavy atom. The lowest BCUT2D eigenvalue weighted by atomic mass is 10.1. The van der Waals surface area contributed by atoms with Crippen LogP contribution in [0.4, 0.5) is 0 Å². The summed E-state index contributed by atoms with van der Waals surface area (Å²) in [7, 11) is -10.0. The predicted octanol–water partition coefficient (Wildman–Crippen LogP) is 24.3. The predicted molar refractivity (Wildman–Crippen MR) is 445 cm³/mol. The van der Waals surface area contributed by atoms with Crippen molar-refractivity contribution in [3.63, 3.8) is 0 Å². The summed E-state index contributed by atoms with van der Waals surface area (Å²) in [4.78, 5) is 73.1. The number of rotatable bonds is 75. The maximum atomic E-state index is 13.1. The minimum Gasteiger partial charge on any atom is -0.462 e. The number of hydrogen-bond donors (Lipinski definition) is 3. The van der Waals surface area contributed by atoms with Crippen molar-refractivity contribution in [1.82, 2.24) is 0 Å². The second-order valence-corrected chi connectivity index (χ2v) is 29.5. The van der Waals surface area contributed by atoms with Crippen molar-refractivity contribution in [2.45, 2.75) is 316 Å². The molecular weight excluding hydrogens is 1400 g/mol. The Kier molecular flexibility index (Phi) is 75.0. The van der Waals surface area contributed by atoms with Gasteiger partial charge in [-0.1, -0.05) is 281 Å². The maximum absolute atomic E-state index is 13.1. The summed E-state index contributed by atoms with van der Waals surface area (Å²) < 4.78 is 68.6. The smallest absolute Gasteiger partial charge is 0.462 e. The summed E-state index contributed by atoms with van der Waals surface area (Å²) in [5.41, 5.74) is 0. The van der Waals surface area contributed by atoms with Gasteiger partial charge in [0.15, 0.2) is 12.2 Å². The van der Waals surface area contributed by atoms with Crippen LogP contribution in [0.15, 0.2) is 182 Å². The highest BCUT2D eigenvalue weighted by atomic mass is 31.2. The summed E-state index contributed by atoms with van der Waals surface area (Å²) in [5.74, 6) is -2.32. The first kappa shape index (κ1) is 102. The molecular formula is C89H144O17P2. The zero-order valence-electron chi connectivity index (χ0n) is 66.9. The quantitative estimate of drug-likeness (QED) is 0.0169. The first-order valence-electron chi connectivity index (χ1n) is 41.0. The Balaban J connectivity index is 5.48. The summed E-state index contributed by atoms with van der Waals surface area (Å²) in [6.07, 6.45) is 95.8. The molecule has 0 aromatic carbocycles. The van der Waals surface area contributed by atoms with Crippen LogP contribution in [-0.4, -0.2) is 96.7 Å². The molecule has 0 bridgehead atoms. The maximum Gasteiger partial charge on any atom is 0.472 e. The lowest BCUT2D eigenvalue weighted by molar-refractivity contribution is -0.161. The first-order valence-corrected chi connectivity index (χ1v) is 44.0. The van der Waals surface area contributed by atoms with Gasteiger partial charge in [-0.25, -0.2) is 9.13 Å². The molecule has 0 heterocycles. The monoisotopic (exact) mass is 1550 g/mol. The Labute approximate surface area is 654 Å². The number of ether oxygens (including phenoxy) is 4. The number of aliphatic hydroxyl groups excluding tert-OH is 1. The van der Waals surface area contributed by atoms with Gasteiger partial charge in [-0.3, -0.25) is 37.3 Å². The van der Waals surface area contributed by atoms with Crippen LogP contribution in [0, 0.1) is 0 Å². The van der Waals surface area contributed by atoms with Crippen LogP contribution < -0.4 is 0 Å². The second-order valence-electron chi connectivity index (χ2n) is 26.6. The highest BCUT2D eigenvalue weighted by Crippen LogP contribution is 2.45. The number of aliphatic hydroxyl groups is 1. The van der Waals surface area contributed by atoms with Crippen molar-refractivity contribution in [3.8, 4) is 0 Å². The molecule has 0 saturated heterocycles. The van der Waals surface area contributed by atoms with Gasteiger partial charge in [0.2, 0.25) is 0 Å². The molecule has 0 radical (unpaired) electrons. The van der Waals surface area contributed by atoms with E-state index in [1.165, 1.54) is 25.7 Å². The second kappa shape index (κ2) is 79.3. The zero-order chi connectivity index (χ0) is 78.9. The molecule has 0 amide bonds. The van der Waals surface area contributed by atoms with Gasteiger partial charge in [-0.15, -0.1) is 0 Å². The lowest BCUT2D eigenvalue weighted by Crippen LogP contribution is -2.30. The van der Waals surface area contributed by atoms with Gasteiger partial charge in [0, 0.05) is 25.7 Å². The zero-order valence-corrected chi connectivity index (χ0v) is 68.7. The van der Waals surface area contributed by atoms with Gasteiger partial charge in [0.05, 0.1) is 26.4 Å². The van der Waals surface area contributed by atoms with Crippen LogP contribution in [0.3, 0.4) is 0 Å². The lowest BCUT2D eigenvalue weighted by Gasteiger charge is -2.21. The topological polar surface area (TPSA) is 237 Å². The molecule has 0 aliphatic rings. The number of unbranched alkanes of at least 4 members (excludes halogenated alkanes) is 19. The number of phosphoric ester groups is 2. The van der Waals surface area contributed by atoms with Crippen molar-refractivity contribution in [1.29, 1.82) is 0 Å². The van der Waals surface area contributed by atoms with E-state index in [4.69, 9.17) is 37.0 Å². The summed E-state index contributed by atoms with van der Waals surface area (Å²) in [6, 6.07) is 0. The number of hydrogen-bond acceptors (Lipinski definition) is 15. The SMILES string of the molecule is CC/C=C\C/C=C\C/C=C\C/C=C\C/C=C\CCCCCC(=O)OCC(COP(=O)(O)OCC(O)COP(=O)(O)OCC(COC(=O)CCC/C=C\C/C=C\C/C=C\C/C=C\C/C=C\CC)OC(=O)CCCCCCC/C=C\CCCCCC)OC(=O)CCCCCCCC/C=C\C/C=C\C/C=C\C/C=C\CC. The van der Waals surface area contributed by atoms with Crippen molar-refractivity contribution in [2.24, 2.45) is 0 Å². The van der Waals surface area contributed by atoms with Gasteiger partial charge in [-0.05, 0) is 173 Å². The number of allylic oxidation sites excluding steroid dienone is 30. The molecule has 0 rings (SSSR count). The molecule has 19 heteroatoms. The third-order valence-electron chi connectivity index (χ3n) is 16.3. The first-order chi connectivity index (χ1) is 52.7. The van der Waals surface area contributed by atoms with Crippen LogP contribution in [0.2, 0.25) is 0 Å². The van der Waals surface area contributed by atoms with Crippen LogP contribution in [-0.2, 0) is 65.4 Å². The van der Waals surface area contributed by atoms with Gasteiger partial charge >= 0.3 is 39.5 Å². The third-order valence-corrected chi connectivity index (χ3v) is 18.2. The van der Waals surface area contributed by atoms with E-state index < -0.39 is 97.5 Å². The van der Waals surface area contributed by atoms with Crippen molar-refractivity contribution in [3.05, 3.63) is 182 Å². The van der Waals surface area contributed by atoms with Gasteiger partial charge < -0.3 is 33.8 Å². The van der Waals surface area contributed by atoms with Crippen molar-refractivity contribution < 1.29 is 80.2 Å². The minimum absolute atomic E-state index is 0.0625. The molecule has 3 N–H and O–H groups in total. The normalized spacial score (nSPS) is 14.8. The fraction of sp³-hybridized carbons (Fsp3) is 0.618.